The second-order valence-electron chi connectivity index (χ2n) is 5.39. The molecule has 0 spiro atoms. The molecule has 1 aromatic rings. The summed E-state index contributed by atoms with van der Waals surface area (Å²) in [6, 6.07) is 11.4. The molecule has 2 rings (SSSR count). The highest BCUT2D eigenvalue weighted by Gasteiger charge is 2.27. The van der Waals surface area contributed by atoms with Crippen molar-refractivity contribution in [2.75, 3.05) is 19.6 Å². The van der Waals surface area contributed by atoms with Gasteiger partial charge in [0.15, 0.2) is 5.78 Å². The number of hydrogen-bond donors (Lipinski definition) is 0. The molecule has 0 N–H and O–H groups in total. The van der Waals surface area contributed by atoms with Gasteiger partial charge < -0.3 is 4.74 Å². The first kappa shape index (κ1) is 14.7. The van der Waals surface area contributed by atoms with Crippen LogP contribution in [-0.4, -0.2) is 42.5 Å². The van der Waals surface area contributed by atoms with Crippen molar-refractivity contribution in [1.82, 2.24) is 4.90 Å². The van der Waals surface area contributed by atoms with Gasteiger partial charge in [0.1, 0.15) is 5.92 Å². The number of ether oxygens (including phenoxy) is 1. The van der Waals surface area contributed by atoms with E-state index in [9.17, 15) is 10.1 Å². The van der Waals surface area contributed by atoms with E-state index in [4.69, 9.17) is 4.74 Å². The summed E-state index contributed by atoms with van der Waals surface area (Å²) in [7, 11) is 0. The van der Waals surface area contributed by atoms with Crippen molar-refractivity contribution < 1.29 is 9.53 Å². The lowest BCUT2D eigenvalue weighted by Crippen LogP contribution is -2.47. The highest BCUT2D eigenvalue weighted by atomic mass is 16.5. The Hall–Kier alpha value is -1.70. The van der Waals surface area contributed by atoms with Crippen molar-refractivity contribution >= 4 is 5.78 Å². The van der Waals surface area contributed by atoms with Gasteiger partial charge in [0.05, 0.1) is 24.8 Å². The third-order valence-electron chi connectivity index (χ3n) is 3.46. The molecule has 4 nitrogen and oxygen atoms in total. The number of rotatable bonds is 4. The minimum Gasteiger partial charge on any atom is -0.373 e. The maximum absolute atomic E-state index is 12.4. The van der Waals surface area contributed by atoms with E-state index in [-0.39, 0.29) is 18.0 Å². The van der Waals surface area contributed by atoms with Crippen LogP contribution in [0.5, 0.6) is 0 Å². The van der Waals surface area contributed by atoms with Gasteiger partial charge in [-0.3, -0.25) is 9.69 Å². The van der Waals surface area contributed by atoms with E-state index >= 15 is 0 Å². The predicted octanol–water partition coefficient (Wildman–Crippen LogP) is 1.97. The van der Waals surface area contributed by atoms with Crippen LogP contribution < -0.4 is 0 Å². The number of hydrogen-bond acceptors (Lipinski definition) is 4. The summed E-state index contributed by atoms with van der Waals surface area (Å²) in [5.74, 6) is -0.718. The Morgan fingerprint density at radius 3 is 2.50 bits per heavy atom. The van der Waals surface area contributed by atoms with Crippen molar-refractivity contribution in [2.45, 2.75) is 32.0 Å². The maximum Gasteiger partial charge on any atom is 0.168 e. The highest BCUT2D eigenvalue weighted by Crippen LogP contribution is 2.18. The zero-order chi connectivity index (χ0) is 14.5. The fourth-order valence-electron chi connectivity index (χ4n) is 2.70. The molecule has 0 aliphatic carbocycles. The molecule has 0 radical (unpaired) electrons. The standard InChI is InChI=1S/C16H20N2O2/c1-12-9-18(10-13(2)20-12)11-16(19)15(8-17)14-6-4-3-5-7-14/h3-7,12-13,15H,9-11H2,1-2H3/t12-,13+,15-/m1/s1. The first-order chi connectivity index (χ1) is 9.60. The number of ketones is 1. The molecule has 3 atom stereocenters. The first-order valence-corrected chi connectivity index (χ1v) is 6.95. The topological polar surface area (TPSA) is 53.3 Å². The lowest BCUT2D eigenvalue weighted by molar-refractivity contribution is -0.124. The molecular formula is C16H20N2O2. The summed E-state index contributed by atoms with van der Waals surface area (Å²) in [5.41, 5.74) is 0.773. The third kappa shape index (κ3) is 3.66. The Balaban J connectivity index is 2.02. The average molecular weight is 272 g/mol. The normalized spacial score (nSPS) is 24.9. The largest absolute Gasteiger partial charge is 0.373 e. The fraction of sp³-hybridized carbons (Fsp3) is 0.500. The van der Waals surface area contributed by atoms with Gasteiger partial charge in [-0.15, -0.1) is 0 Å². The molecule has 1 saturated heterocycles. The molecule has 0 bridgehead atoms. The van der Waals surface area contributed by atoms with Gasteiger partial charge in [-0.2, -0.15) is 5.26 Å². The summed E-state index contributed by atoms with van der Waals surface area (Å²) in [6.07, 6.45) is 0.257. The van der Waals surface area contributed by atoms with Crippen molar-refractivity contribution in [3.63, 3.8) is 0 Å². The van der Waals surface area contributed by atoms with Crippen molar-refractivity contribution in [1.29, 1.82) is 5.26 Å². The van der Waals surface area contributed by atoms with Crippen LogP contribution in [0.3, 0.4) is 0 Å². The molecule has 106 valence electrons. The second-order valence-corrected chi connectivity index (χ2v) is 5.39. The highest BCUT2D eigenvalue weighted by molar-refractivity contribution is 5.90. The van der Waals surface area contributed by atoms with Crippen molar-refractivity contribution in [3.8, 4) is 6.07 Å². The number of Topliss-reactive ketones (excluding diaryl/α,β-unsaturated/α-hetero) is 1. The Kier molecular flexibility index (Phi) is 4.89. The summed E-state index contributed by atoms with van der Waals surface area (Å²) >= 11 is 0. The maximum atomic E-state index is 12.4. The van der Waals surface area contributed by atoms with Crippen LogP contribution >= 0.6 is 0 Å². The van der Waals surface area contributed by atoms with Crippen LogP contribution in [0.2, 0.25) is 0 Å². The van der Waals surface area contributed by atoms with Crippen LogP contribution in [0.15, 0.2) is 30.3 Å². The number of nitriles is 1. The van der Waals surface area contributed by atoms with Gasteiger partial charge in [-0.25, -0.2) is 0 Å². The second kappa shape index (κ2) is 6.65. The average Bonchev–Trinajstić information content (AvgIpc) is 2.39. The van der Waals surface area contributed by atoms with Crippen molar-refractivity contribution in [3.05, 3.63) is 35.9 Å². The van der Waals surface area contributed by atoms with Crippen molar-refractivity contribution in [2.24, 2.45) is 0 Å². The molecule has 0 saturated carbocycles. The molecule has 1 aliphatic heterocycles. The molecule has 0 amide bonds. The SMILES string of the molecule is C[C@@H]1CN(CC(=O)[C@H](C#N)c2ccccc2)C[C@H](C)O1. The molecule has 1 heterocycles. The molecule has 1 fully saturated rings. The molecule has 1 aliphatic rings. The van der Waals surface area contributed by atoms with E-state index in [0.717, 1.165) is 18.7 Å². The van der Waals surface area contributed by atoms with E-state index in [1.54, 1.807) is 0 Å². The zero-order valence-electron chi connectivity index (χ0n) is 12.0. The van der Waals surface area contributed by atoms with Gasteiger partial charge >= 0.3 is 0 Å². The lowest BCUT2D eigenvalue weighted by atomic mass is 9.95. The lowest BCUT2D eigenvalue weighted by Gasteiger charge is -2.35. The number of benzene rings is 1. The molecule has 0 unspecified atom stereocenters. The quantitative estimate of drug-likeness (QED) is 0.841. The van der Waals surface area contributed by atoms with Crippen LogP contribution in [-0.2, 0) is 9.53 Å². The number of nitrogens with zero attached hydrogens (tertiary/aromatic N) is 2. The fourth-order valence-corrected chi connectivity index (χ4v) is 2.70. The third-order valence-corrected chi connectivity index (χ3v) is 3.46. The van der Waals surface area contributed by atoms with Gasteiger partial charge in [-0.1, -0.05) is 30.3 Å². The van der Waals surface area contributed by atoms with Crippen LogP contribution in [0, 0.1) is 11.3 Å². The smallest absolute Gasteiger partial charge is 0.168 e. The number of carbonyl (C=O) groups is 1. The van der Waals surface area contributed by atoms with E-state index in [0.29, 0.717) is 6.54 Å². The minimum absolute atomic E-state index is 0.0417. The van der Waals surface area contributed by atoms with E-state index in [1.807, 2.05) is 44.2 Å². The Bertz CT molecular complexity index is 485. The molecule has 0 aromatic heterocycles. The number of morpholine rings is 1. The summed E-state index contributed by atoms with van der Waals surface area (Å²) in [5, 5.41) is 9.27. The first-order valence-electron chi connectivity index (χ1n) is 6.95. The Labute approximate surface area is 120 Å². The molecular weight excluding hydrogens is 252 g/mol. The molecule has 20 heavy (non-hydrogen) atoms. The van der Waals surface area contributed by atoms with Crippen LogP contribution in [0.25, 0.3) is 0 Å². The summed E-state index contributed by atoms with van der Waals surface area (Å²) < 4.78 is 5.65. The summed E-state index contributed by atoms with van der Waals surface area (Å²) in [6.45, 7) is 5.80. The predicted molar refractivity (Wildman–Crippen MR) is 76.3 cm³/mol. The van der Waals surface area contributed by atoms with Crippen LogP contribution in [0.4, 0.5) is 0 Å². The van der Waals surface area contributed by atoms with Gasteiger partial charge in [-0.05, 0) is 19.4 Å². The molecule has 4 heteroatoms. The summed E-state index contributed by atoms with van der Waals surface area (Å²) in [4.78, 5) is 14.4. The Morgan fingerprint density at radius 1 is 1.35 bits per heavy atom. The monoisotopic (exact) mass is 272 g/mol. The van der Waals surface area contributed by atoms with E-state index in [2.05, 4.69) is 11.0 Å². The number of carbonyl (C=O) groups excluding carboxylic acids is 1. The zero-order valence-corrected chi connectivity index (χ0v) is 12.0. The minimum atomic E-state index is -0.676. The van der Waals surface area contributed by atoms with Gasteiger partial charge in [0, 0.05) is 13.1 Å². The van der Waals surface area contributed by atoms with E-state index < -0.39 is 5.92 Å². The van der Waals surface area contributed by atoms with Gasteiger partial charge in [0.25, 0.3) is 0 Å². The van der Waals surface area contributed by atoms with Gasteiger partial charge in [0.2, 0.25) is 0 Å². The van der Waals surface area contributed by atoms with Crippen LogP contribution in [0.1, 0.15) is 25.3 Å². The Morgan fingerprint density at radius 2 is 1.95 bits per heavy atom. The molecule has 1 aromatic carbocycles. The van der Waals surface area contributed by atoms with E-state index in [1.165, 1.54) is 0 Å².